The number of phenols is 2. The van der Waals surface area contributed by atoms with Gasteiger partial charge in [0, 0.05) is 5.92 Å². The molecule has 2 N–H and O–H groups in total. The number of rotatable bonds is 2. The maximum Gasteiger partial charge on any atom is 0.157 e. The molecule has 0 radical (unpaired) electrons. The second kappa shape index (κ2) is 4.27. The second-order valence-corrected chi connectivity index (χ2v) is 3.88. The van der Waals surface area contributed by atoms with Crippen molar-refractivity contribution in [2.45, 2.75) is 12.8 Å². The normalized spacial score (nSPS) is 12.3. The molecule has 0 aromatic heterocycles. The summed E-state index contributed by atoms with van der Waals surface area (Å²) in [7, 11) is 0. The molecule has 0 bridgehead atoms. The van der Waals surface area contributed by atoms with E-state index < -0.39 is 0 Å². The van der Waals surface area contributed by atoms with Crippen LogP contribution in [0.2, 0.25) is 0 Å². The highest BCUT2D eigenvalue weighted by molar-refractivity contribution is 5.43. The van der Waals surface area contributed by atoms with E-state index >= 15 is 0 Å². The Kier molecular flexibility index (Phi) is 2.82. The molecule has 0 amide bonds. The molecule has 0 aliphatic rings. The summed E-state index contributed by atoms with van der Waals surface area (Å²) in [5, 5.41) is 18.7. The molecule has 0 heterocycles. The van der Waals surface area contributed by atoms with Gasteiger partial charge in [-0.05, 0) is 23.3 Å². The fourth-order valence-corrected chi connectivity index (χ4v) is 1.74. The highest BCUT2D eigenvalue weighted by Crippen LogP contribution is 2.31. The minimum atomic E-state index is -0.0796. The van der Waals surface area contributed by atoms with Crippen LogP contribution < -0.4 is 0 Å². The van der Waals surface area contributed by atoms with Gasteiger partial charge < -0.3 is 10.2 Å². The number of hydrogen-bond donors (Lipinski definition) is 2. The molecule has 2 heteroatoms. The molecule has 0 aliphatic carbocycles. The molecule has 0 saturated heterocycles. The number of aromatic hydroxyl groups is 2. The van der Waals surface area contributed by atoms with Crippen LogP contribution in [0.5, 0.6) is 11.5 Å². The van der Waals surface area contributed by atoms with E-state index in [0.717, 1.165) is 5.56 Å². The summed E-state index contributed by atoms with van der Waals surface area (Å²) in [5.74, 6) is 0.0528. The van der Waals surface area contributed by atoms with Gasteiger partial charge in [0.05, 0.1) is 0 Å². The summed E-state index contributed by atoms with van der Waals surface area (Å²) < 4.78 is 0. The van der Waals surface area contributed by atoms with Crippen molar-refractivity contribution in [3.63, 3.8) is 0 Å². The van der Waals surface area contributed by atoms with Crippen LogP contribution in [0, 0.1) is 0 Å². The monoisotopic (exact) mass is 214 g/mol. The zero-order chi connectivity index (χ0) is 11.5. The van der Waals surface area contributed by atoms with E-state index in [4.69, 9.17) is 0 Å². The highest BCUT2D eigenvalue weighted by atomic mass is 16.3. The topological polar surface area (TPSA) is 40.5 Å². The van der Waals surface area contributed by atoms with E-state index in [1.165, 1.54) is 11.6 Å². The lowest BCUT2D eigenvalue weighted by atomic mass is 9.93. The molecule has 0 spiro atoms. The molecule has 2 aromatic carbocycles. The van der Waals surface area contributed by atoms with Crippen LogP contribution in [0.3, 0.4) is 0 Å². The summed E-state index contributed by atoms with van der Waals surface area (Å²) in [6.45, 7) is 2.07. The molecular weight excluding hydrogens is 200 g/mol. The standard InChI is InChI=1S/C14H14O2/c1-10(11-5-3-2-4-6-11)12-7-8-13(15)14(16)9-12/h2-10,15-16H,1H3. The lowest BCUT2D eigenvalue weighted by Crippen LogP contribution is -1.95. The zero-order valence-electron chi connectivity index (χ0n) is 9.09. The third-order valence-corrected chi connectivity index (χ3v) is 2.80. The molecular formula is C14H14O2. The van der Waals surface area contributed by atoms with Crippen molar-refractivity contribution in [2.75, 3.05) is 0 Å². The van der Waals surface area contributed by atoms with Gasteiger partial charge in [-0.25, -0.2) is 0 Å². The Bertz CT molecular complexity index is 477. The van der Waals surface area contributed by atoms with E-state index in [9.17, 15) is 10.2 Å². The summed E-state index contributed by atoms with van der Waals surface area (Å²) >= 11 is 0. The minimum absolute atomic E-state index is 0.0692. The summed E-state index contributed by atoms with van der Waals surface area (Å²) in [6, 6.07) is 15.0. The van der Waals surface area contributed by atoms with E-state index in [0.29, 0.717) is 0 Å². The summed E-state index contributed by atoms with van der Waals surface area (Å²) in [4.78, 5) is 0. The van der Waals surface area contributed by atoms with Crippen molar-refractivity contribution < 1.29 is 10.2 Å². The van der Waals surface area contributed by atoms with Crippen LogP contribution in [0.1, 0.15) is 24.0 Å². The van der Waals surface area contributed by atoms with Gasteiger partial charge in [0.1, 0.15) is 0 Å². The third-order valence-electron chi connectivity index (χ3n) is 2.80. The molecule has 16 heavy (non-hydrogen) atoms. The number of phenolic OH excluding ortho intramolecular Hbond substituents is 2. The smallest absolute Gasteiger partial charge is 0.157 e. The van der Waals surface area contributed by atoms with Crippen LogP contribution in [0.4, 0.5) is 0 Å². The number of benzene rings is 2. The van der Waals surface area contributed by atoms with Crippen LogP contribution >= 0.6 is 0 Å². The van der Waals surface area contributed by atoms with Crippen molar-refractivity contribution in [3.05, 3.63) is 59.7 Å². The first-order valence-corrected chi connectivity index (χ1v) is 5.25. The van der Waals surface area contributed by atoms with Crippen molar-refractivity contribution in [3.8, 4) is 11.5 Å². The molecule has 0 saturated carbocycles. The Morgan fingerprint density at radius 3 is 2.12 bits per heavy atom. The first-order valence-electron chi connectivity index (χ1n) is 5.25. The maximum atomic E-state index is 9.45. The average Bonchev–Trinajstić information content (AvgIpc) is 2.33. The van der Waals surface area contributed by atoms with Gasteiger partial charge in [-0.3, -0.25) is 0 Å². The molecule has 1 atom stereocenters. The van der Waals surface area contributed by atoms with Crippen LogP contribution in [0.25, 0.3) is 0 Å². The largest absolute Gasteiger partial charge is 0.504 e. The quantitative estimate of drug-likeness (QED) is 0.753. The van der Waals surface area contributed by atoms with E-state index in [1.807, 2.05) is 24.3 Å². The van der Waals surface area contributed by atoms with Crippen molar-refractivity contribution >= 4 is 0 Å². The molecule has 2 rings (SSSR count). The lowest BCUT2D eigenvalue weighted by molar-refractivity contribution is 0.403. The van der Waals surface area contributed by atoms with E-state index in [-0.39, 0.29) is 17.4 Å². The third kappa shape index (κ3) is 2.01. The summed E-state index contributed by atoms with van der Waals surface area (Å²) in [5.41, 5.74) is 2.18. The highest BCUT2D eigenvalue weighted by Gasteiger charge is 2.09. The fourth-order valence-electron chi connectivity index (χ4n) is 1.74. The number of hydrogen-bond acceptors (Lipinski definition) is 2. The second-order valence-electron chi connectivity index (χ2n) is 3.88. The van der Waals surface area contributed by atoms with Gasteiger partial charge in [-0.1, -0.05) is 43.3 Å². The predicted octanol–water partition coefficient (Wildman–Crippen LogP) is 3.25. The van der Waals surface area contributed by atoms with Crippen LogP contribution in [-0.2, 0) is 0 Å². The minimum Gasteiger partial charge on any atom is -0.504 e. The lowest BCUT2D eigenvalue weighted by Gasteiger charge is -2.12. The average molecular weight is 214 g/mol. The maximum absolute atomic E-state index is 9.45. The van der Waals surface area contributed by atoms with Gasteiger partial charge in [0.15, 0.2) is 11.5 Å². The Hall–Kier alpha value is -1.96. The van der Waals surface area contributed by atoms with Gasteiger partial charge in [0.2, 0.25) is 0 Å². The van der Waals surface area contributed by atoms with E-state index in [1.54, 1.807) is 6.07 Å². The SMILES string of the molecule is CC(c1ccccc1)c1ccc(O)c(O)c1. The van der Waals surface area contributed by atoms with Crippen LogP contribution in [-0.4, -0.2) is 10.2 Å². The van der Waals surface area contributed by atoms with Gasteiger partial charge >= 0.3 is 0 Å². The van der Waals surface area contributed by atoms with E-state index in [2.05, 4.69) is 19.1 Å². The Labute approximate surface area is 94.8 Å². The Balaban J connectivity index is 2.34. The van der Waals surface area contributed by atoms with Crippen molar-refractivity contribution in [2.24, 2.45) is 0 Å². The van der Waals surface area contributed by atoms with Gasteiger partial charge in [0.25, 0.3) is 0 Å². The fraction of sp³-hybridized carbons (Fsp3) is 0.143. The Morgan fingerprint density at radius 2 is 1.50 bits per heavy atom. The first-order chi connectivity index (χ1) is 7.68. The molecule has 82 valence electrons. The molecule has 2 aromatic rings. The van der Waals surface area contributed by atoms with Gasteiger partial charge in [-0.2, -0.15) is 0 Å². The molecule has 0 fully saturated rings. The van der Waals surface area contributed by atoms with Crippen molar-refractivity contribution in [1.82, 2.24) is 0 Å². The Morgan fingerprint density at radius 1 is 0.812 bits per heavy atom. The van der Waals surface area contributed by atoms with Gasteiger partial charge in [-0.15, -0.1) is 0 Å². The zero-order valence-corrected chi connectivity index (χ0v) is 9.09. The summed E-state index contributed by atoms with van der Waals surface area (Å²) in [6.07, 6.45) is 0. The first kappa shape index (κ1) is 10.6. The predicted molar refractivity (Wildman–Crippen MR) is 63.7 cm³/mol. The molecule has 0 aliphatic heterocycles. The van der Waals surface area contributed by atoms with Crippen molar-refractivity contribution in [1.29, 1.82) is 0 Å². The van der Waals surface area contributed by atoms with Crippen LogP contribution in [0.15, 0.2) is 48.5 Å². The molecule has 2 nitrogen and oxygen atoms in total. The molecule has 1 unspecified atom stereocenters.